The van der Waals surface area contributed by atoms with Gasteiger partial charge in [-0.15, -0.1) is 0 Å². The van der Waals surface area contributed by atoms with Gasteiger partial charge >= 0.3 is 0 Å². The zero-order valence-electron chi connectivity index (χ0n) is 11.0. The zero-order valence-corrected chi connectivity index (χ0v) is 11.8. The van der Waals surface area contributed by atoms with Gasteiger partial charge in [0.1, 0.15) is 11.3 Å². The van der Waals surface area contributed by atoms with Crippen molar-refractivity contribution in [3.63, 3.8) is 0 Å². The van der Waals surface area contributed by atoms with Crippen molar-refractivity contribution >= 4 is 23.2 Å². The number of amides is 1. The summed E-state index contributed by atoms with van der Waals surface area (Å²) in [7, 11) is 2.03. The summed E-state index contributed by atoms with van der Waals surface area (Å²) in [4.78, 5) is 28.1. The summed E-state index contributed by atoms with van der Waals surface area (Å²) < 4.78 is 0. The van der Waals surface area contributed by atoms with E-state index in [4.69, 9.17) is 11.6 Å². The van der Waals surface area contributed by atoms with Crippen LogP contribution in [0.15, 0.2) is 12.3 Å². The number of carbonyl (C=O) groups is 1. The molecule has 108 valence electrons. The number of aromatic nitrogens is 1. The number of pyridine rings is 1. The standard InChI is InChI=1S/C12H15ClN4O3/c1-16-4-2-8(3-5-16)15-12(18)10-6-9(17(19)20)7-14-11(10)13/h6-8H,2-5H2,1H3,(H,15,18). The van der Waals surface area contributed by atoms with Crippen LogP contribution in [0.25, 0.3) is 0 Å². The van der Waals surface area contributed by atoms with Crippen LogP contribution in [0.1, 0.15) is 23.2 Å². The Morgan fingerprint density at radius 1 is 1.55 bits per heavy atom. The number of piperidine rings is 1. The Hall–Kier alpha value is -1.73. The van der Waals surface area contributed by atoms with Crippen molar-refractivity contribution in [2.75, 3.05) is 20.1 Å². The molecule has 1 aromatic heterocycles. The van der Waals surface area contributed by atoms with E-state index in [9.17, 15) is 14.9 Å². The molecular weight excluding hydrogens is 284 g/mol. The lowest BCUT2D eigenvalue weighted by molar-refractivity contribution is -0.385. The third-order valence-corrected chi connectivity index (χ3v) is 3.64. The number of halogens is 1. The van der Waals surface area contributed by atoms with Gasteiger partial charge in [-0.1, -0.05) is 11.6 Å². The molecule has 1 aromatic rings. The summed E-state index contributed by atoms with van der Waals surface area (Å²) in [5, 5.41) is 13.5. The summed E-state index contributed by atoms with van der Waals surface area (Å²) in [6.07, 6.45) is 2.74. The van der Waals surface area contributed by atoms with Crippen LogP contribution in [0.2, 0.25) is 5.15 Å². The van der Waals surface area contributed by atoms with Gasteiger partial charge in [0.2, 0.25) is 0 Å². The van der Waals surface area contributed by atoms with Crippen molar-refractivity contribution in [1.29, 1.82) is 0 Å². The maximum atomic E-state index is 12.1. The predicted molar refractivity (Wildman–Crippen MR) is 73.9 cm³/mol. The molecule has 0 saturated carbocycles. The monoisotopic (exact) mass is 298 g/mol. The number of nitro groups is 1. The Labute approximate surface area is 121 Å². The van der Waals surface area contributed by atoms with Crippen molar-refractivity contribution in [2.45, 2.75) is 18.9 Å². The van der Waals surface area contributed by atoms with Gasteiger partial charge in [0.05, 0.1) is 10.5 Å². The van der Waals surface area contributed by atoms with Gasteiger partial charge in [0.25, 0.3) is 11.6 Å². The molecule has 8 heteroatoms. The Bertz CT molecular complexity index is 529. The molecule has 2 heterocycles. The van der Waals surface area contributed by atoms with Crippen LogP contribution in [0.5, 0.6) is 0 Å². The molecule has 0 bridgehead atoms. The fourth-order valence-corrected chi connectivity index (χ4v) is 2.30. The van der Waals surface area contributed by atoms with Crippen molar-refractivity contribution < 1.29 is 9.72 Å². The normalized spacial score (nSPS) is 16.9. The Kier molecular flexibility index (Phi) is 4.51. The maximum Gasteiger partial charge on any atom is 0.288 e. The minimum Gasteiger partial charge on any atom is -0.349 e. The topological polar surface area (TPSA) is 88.4 Å². The Balaban J connectivity index is 2.08. The molecule has 0 spiro atoms. The average molecular weight is 299 g/mol. The number of carbonyl (C=O) groups excluding carboxylic acids is 1. The molecule has 0 radical (unpaired) electrons. The lowest BCUT2D eigenvalue weighted by Gasteiger charge is -2.29. The second kappa shape index (κ2) is 6.15. The summed E-state index contributed by atoms with van der Waals surface area (Å²) in [6, 6.07) is 1.22. The van der Waals surface area contributed by atoms with Crippen molar-refractivity contribution in [1.82, 2.24) is 15.2 Å². The fraction of sp³-hybridized carbons (Fsp3) is 0.500. The highest BCUT2D eigenvalue weighted by Crippen LogP contribution is 2.19. The van der Waals surface area contributed by atoms with Gasteiger partial charge in [0, 0.05) is 12.1 Å². The van der Waals surface area contributed by atoms with E-state index in [0.717, 1.165) is 38.2 Å². The van der Waals surface area contributed by atoms with E-state index in [1.165, 1.54) is 0 Å². The van der Waals surface area contributed by atoms with Gasteiger partial charge in [0.15, 0.2) is 0 Å². The van der Waals surface area contributed by atoms with Crippen LogP contribution < -0.4 is 5.32 Å². The third-order valence-electron chi connectivity index (χ3n) is 3.33. The van der Waals surface area contributed by atoms with Crippen LogP contribution >= 0.6 is 11.6 Å². The highest BCUT2D eigenvalue weighted by Gasteiger charge is 2.22. The van der Waals surface area contributed by atoms with E-state index in [2.05, 4.69) is 15.2 Å². The smallest absolute Gasteiger partial charge is 0.288 e. The van der Waals surface area contributed by atoms with E-state index >= 15 is 0 Å². The molecule has 7 nitrogen and oxygen atoms in total. The number of hydrogen-bond donors (Lipinski definition) is 1. The molecule has 20 heavy (non-hydrogen) atoms. The first-order chi connectivity index (χ1) is 9.47. The summed E-state index contributed by atoms with van der Waals surface area (Å²) >= 11 is 5.83. The lowest BCUT2D eigenvalue weighted by atomic mass is 10.1. The van der Waals surface area contributed by atoms with Crippen LogP contribution in [0.3, 0.4) is 0 Å². The number of nitrogens with zero attached hydrogens (tertiary/aromatic N) is 3. The first-order valence-corrected chi connectivity index (χ1v) is 6.64. The molecule has 1 N–H and O–H groups in total. The van der Waals surface area contributed by atoms with E-state index in [-0.39, 0.29) is 22.4 Å². The van der Waals surface area contributed by atoms with Gasteiger partial charge in [-0.2, -0.15) is 0 Å². The number of nitrogens with one attached hydrogen (secondary N) is 1. The second-order valence-electron chi connectivity index (χ2n) is 4.84. The van der Waals surface area contributed by atoms with Crippen LogP contribution in [-0.4, -0.2) is 46.9 Å². The summed E-state index contributed by atoms with van der Waals surface area (Å²) in [6.45, 7) is 1.82. The van der Waals surface area contributed by atoms with E-state index in [1.54, 1.807) is 0 Å². The molecule has 1 aliphatic rings. The second-order valence-corrected chi connectivity index (χ2v) is 5.20. The average Bonchev–Trinajstić information content (AvgIpc) is 2.41. The molecule has 0 aliphatic carbocycles. The minimum absolute atomic E-state index is 0.0268. The molecule has 1 saturated heterocycles. The molecule has 2 rings (SSSR count). The van der Waals surface area contributed by atoms with Crippen molar-refractivity contribution in [3.8, 4) is 0 Å². The van der Waals surface area contributed by atoms with Crippen molar-refractivity contribution in [3.05, 3.63) is 33.1 Å². The minimum atomic E-state index is -0.602. The van der Waals surface area contributed by atoms with Crippen LogP contribution in [0, 0.1) is 10.1 Å². The largest absolute Gasteiger partial charge is 0.349 e. The molecule has 1 fully saturated rings. The molecule has 0 atom stereocenters. The van der Waals surface area contributed by atoms with Crippen molar-refractivity contribution in [2.24, 2.45) is 0 Å². The highest BCUT2D eigenvalue weighted by molar-refractivity contribution is 6.32. The molecule has 1 aliphatic heterocycles. The number of rotatable bonds is 3. The SMILES string of the molecule is CN1CCC(NC(=O)c2cc([N+](=O)[O-])cnc2Cl)CC1. The maximum absolute atomic E-state index is 12.1. The van der Waals surface area contributed by atoms with Gasteiger partial charge in [-0.25, -0.2) is 4.98 Å². The van der Waals surface area contributed by atoms with E-state index in [1.807, 2.05) is 7.05 Å². The predicted octanol–water partition coefficient (Wildman–Crippen LogP) is 1.47. The lowest BCUT2D eigenvalue weighted by Crippen LogP contribution is -2.43. The molecule has 0 aromatic carbocycles. The zero-order chi connectivity index (χ0) is 14.7. The summed E-state index contributed by atoms with van der Waals surface area (Å²) in [5.74, 6) is -0.416. The molecule has 0 unspecified atom stereocenters. The highest BCUT2D eigenvalue weighted by atomic mass is 35.5. The van der Waals surface area contributed by atoms with E-state index < -0.39 is 10.8 Å². The van der Waals surface area contributed by atoms with Gasteiger partial charge in [-0.05, 0) is 33.0 Å². The van der Waals surface area contributed by atoms with Gasteiger partial charge < -0.3 is 10.2 Å². The van der Waals surface area contributed by atoms with Crippen LogP contribution in [0.4, 0.5) is 5.69 Å². The molecule has 1 amide bonds. The quantitative estimate of drug-likeness (QED) is 0.518. The third kappa shape index (κ3) is 3.43. The fourth-order valence-electron chi connectivity index (χ4n) is 2.11. The number of likely N-dealkylation sites (tertiary alicyclic amines) is 1. The Morgan fingerprint density at radius 3 is 2.80 bits per heavy atom. The first-order valence-electron chi connectivity index (χ1n) is 6.26. The summed E-state index contributed by atoms with van der Waals surface area (Å²) in [5.41, 5.74) is -0.206. The van der Waals surface area contributed by atoms with Gasteiger partial charge in [-0.3, -0.25) is 14.9 Å². The Morgan fingerprint density at radius 2 is 2.20 bits per heavy atom. The van der Waals surface area contributed by atoms with E-state index in [0.29, 0.717) is 0 Å². The first kappa shape index (κ1) is 14.7. The number of hydrogen-bond acceptors (Lipinski definition) is 5. The molecular formula is C12H15ClN4O3. The van der Waals surface area contributed by atoms with Crippen LogP contribution in [-0.2, 0) is 0 Å².